The molecule has 19 heavy (non-hydrogen) atoms. The predicted octanol–water partition coefficient (Wildman–Crippen LogP) is 4.66. The van der Waals surface area contributed by atoms with E-state index in [0.717, 1.165) is 11.2 Å². The van der Waals surface area contributed by atoms with Crippen molar-refractivity contribution in [3.8, 4) is 11.3 Å². The Morgan fingerprint density at radius 3 is 2.42 bits per heavy atom. The summed E-state index contributed by atoms with van der Waals surface area (Å²) in [5, 5.41) is 9.02. The molecule has 0 aliphatic heterocycles. The molecular formula is C17H18N2. The van der Waals surface area contributed by atoms with Gasteiger partial charge in [-0.2, -0.15) is 5.10 Å². The van der Waals surface area contributed by atoms with Crippen molar-refractivity contribution in [3.05, 3.63) is 53.6 Å². The Morgan fingerprint density at radius 1 is 1.00 bits per heavy atom. The van der Waals surface area contributed by atoms with Gasteiger partial charge in [-0.15, -0.1) is 0 Å². The quantitative estimate of drug-likeness (QED) is 0.704. The summed E-state index contributed by atoms with van der Waals surface area (Å²) in [6.45, 7) is 6.57. The molecule has 0 amide bonds. The van der Waals surface area contributed by atoms with E-state index in [1.807, 2.05) is 6.07 Å². The first-order chi connectivity index (χ1) is 9.18. The van der Waals surface area contributed by atoms with Crippen molar-refractivity contribution >= 4 is 10.9 Å². The van der Waals surface area contributed by atoms with Crippen LogP contribution in [0, 0.1) is 6.92 Å². The summed E-state index contributed by atoms with van der Waals surface area (Å²) >= 11 is 0. The van der Waals surface area contributed by atoms with Gasteiger partial charge in [0.05, 0.1) is 11.2 Å². The molecule has 96 valence electrons. The topological polar surface area (TPSA) is 28.7 Å². The molecule has 0 spiro atoms. The van der Waals surface area contributed by atoms with Gasteiger partial charge in [-0.3, -0.25) is 5.10 Å². The van der Waals surface area contributed by atoms with Gasteiger partial charge in [-0.05, 0) is 24.0 Å². The van der Waals surface area contributed by atoms with E-state index in [2.05, 4.69) is 67.4 Å². The first-order valence-corrected chi connectivity index (χ1v) is 6.71. The highest BCUT2D eigenvalue weighted by Gasteiger charge is 2.14. The number of hydrogen-bond donors (Lipinski definition) is 1. The van der Waals surface area contributed by atoms with Gasteiger partial charge in [0.25, 0.3) is 0 Å². The van der Waals surface area contributed by atoms with Gasteiger partial charge in [0.15, 0.2) is 0 Å². The van der Waals surface area contributed by atoms with Gasteiger partial charge < -0.3 is 0 Å². The van der Waals surface area contributed by atoms with Crippen LogP contribution >= 0.6 is 0 Å². The molecule has 0 bridgehead atoms. The minimum atomic E-state index is 0.482. The summed E-state index contributed by atoms with van der Waals surface area (Å²) in [6.07, 6.45) is 0. The van der Waals surface area contributed by atoms with Crippen LogP contribution in [0.25, 0.3) is 22.2 Å². The van der Waals surface area contributed by atoms with E-state index in [1.165, 1.54) is 22.1 Å². The minimum Gasteiger partial charge on any atom is -0.277 e. The highest BCUT2D eigenvalue weighted by molar-refractivity contribution is 5.97. The highest BCUT2D eigenvalue weighted by atomic mass is 15.1. The maximum absolute atomic E-state index is 4.55. The molecule has 2 nitrogen and oxygen atoms in total. The van der Waals surface area contributed by atoms with E-state index in [1.54, 1.807) is 0 Å². The predicted molar refractivity (Wildman–Crippen MR) is 80.4 cm³/mol. The van der Waals surface area contributed by atoms with Gasteiger partial charge >= 0.3 is 0 Å². The minimum absolute atomic E-state index is 0.482. The number of fused-ring (bicyclic) bond motifs is 1. The van der Waals surface area contributed by atoms with E-state index in [0.29, 0.717) is 5.92 Å². The zero-order valence-electron chi connectivity index (χ0n) is 11.6. The van der Waals surface area contributed by atoms with Crippen molar-refractivity contribution in [2.45, 2.75) is 26.7 Å². The summed E-state index contributed by atoms with van der Waals surface area (Å²) in [7, 11) is 0. The second kappa shape index (κ2) is 4.54. The smallest absolute Gasteiger partial charge is 0.0964 e. The molecular weight excluding hydrogens is 232 g/mol. The highest BCUT2D eigenvalue weighted by Crippen LogP contribution is 2.33. The lowest BCUT2D eigenvalue weighted by molar-refractivity contribution is 0.870. The maximum Gasteiger partial charge on any atom is 0.0964 e. The van der Waals surface area contributed by atoms with E-state index in [-0.39, 0.29) is 0 Å². The van der Waals surface area contributed by atoms with E-state index in [9.17, 15) is 0 Å². The molecule has 0 fully saturated rings. The third-order valence-corrected chi connectivity index (χ3v) is 3.63. The van der Waals surface area contributed by atoms with Gasteiger partial charge in [0.2, 0.25) is 0 Å². The van der Waals surface area contributed by atoms with Crippen LogP contribution in [0.1, 0.15) is 30.9 Å². The van der Waals surface area contributed by atoms with Crippen LogP contribution < -0.4 is 0 Å². The summed E-state index contributed by atoms with van der Waals surface area (Å²) < 4.78 is 0. The zero-order chi connectivity index (χ0) is 13.4. The average molecular weight is 250 g/mol. The Labute approximate surface area is 113 Å². The fraction of sp³-hybridized carbons (Fsp3) is 0.235. The fourth-order valence-corrected chi connectivity index (χ4v) is 2.59. The molecule has 3 aromatic rings. The maximum atomic E-state index is 4.55. The summed E-state index contributed by atoms with van der Waals surface area (Å²) in [5.74, 6) is 0.482. The van der Waals surface area contributed by atoms with E-state index >= 15 is 0 Å². The Balaban J connectivity index is 2.32. The first kappa shape index (κ1) is 12.0. The first-order valence-electron chi connectivity index (χ1n) is 6.71. The number of nitrogens with zero attached hydrogens (tertiary/aromatic N) is 1. The van der Waals surface area contributed by atoms with Crippen molar-refractivity contribution in [1.82, 2.24) is 10.2 Å². The van der Waals surface area contributed by atoms with Crippen LogP contribution in [-0.4, -0.2) is 10.2 Å². The molecule has 0 aliphatic rings. The largest absolute Gasteiger partial charge is 0.277 e. The van der Waals surface area contributed by atoms with Crippen molar-refractivity contribution in [2.24, 2.45) is 0 Å². The van der Waals surface area contributed by atoms with Crippen LogP contribution in [0.2, 0.25) is 0 Å². The van der Waals surface area contributed by atoms with Crippen molar-refractivity contribution < 1.29 is 0 Å². The third kappa shape index (κ3) is 1.93. The number of rotatable bonds is 2. The van der Waals surface area contributed by atoms with Gasteiger partial charge in [0, 0.05) is 10.9 Å². The van der Waals surface area contributed by atoms with E-state index < -0.39 is 0 Å². The molecule has 1 heterocycles. The molecule has 2 aromatic carbocycles. The Bertz CT molecular complexity index is 709. The molecule has 0 saturated heterocycles. The van der Waals surface area contributed by atoms with E-state index in [4.69, 9.17) is 0 Å². The van der Waals surface area contributed by atoms with Crippen molar-refractivity contribution in [3.63, 3.8) is 0 Å². The Kier molecular flexibility index (Phi) is 2.86. The monoisotopic (exact) mass is 250 g/mol. The molecule has 0 radical (unpaired) electrons. The molecule has 0 atom stereocenters. The molecule has 0 unspecified atom stereocenters. The van der Waals surface area contributed by atoms with Gasteiger partial charge in [-0.25, -0.2) is 0 Å². The van der Waals surface area contributed by atoms with Gasteiger partial charge in [0.1, 0.15) is 0 Å². The summed E-state index contributed by atoms with van der Waals surface area (Å²) in [4.78, 5) is 0. The van der Waals surface area contributed by atoms with Crippen molar-refractivity contribution in [2.75, 3.05) is 0 Å². The summed E-state index contributed by atoms with van der Waals surface area (Å²) in [5.41, 5.74) is 5.99. The Morgan fingerprint density at radius 2 is 1.74 bits per heavy atom. The number of benzene rings is 2. The SMILES string of the molecule is Cc1ccc(C(C)C)c2n[nH]c(-c3ccccc3)c12. The average Bonchev–Trinajstić information content (AvgIpc) is 2.85. The van der Waals surface area contributed by atoms with Crippen LogP contribution in [0.3, 0.4) is 0 Å². The van der Waals surface area contributed by atoms with Crippen molar-refractivity contribution in [1.29, 1.82) is 0 Å². The second-order valence-corrected chi connectivity index (χ2v) is 5.31. The fourth-order valence-electron chi connectivity index (χ4n) is 2.59. The third-order valence-electron chi connectivity index (χ3n) is 3.63. The molecule has 1 N–H and O–H groups in total. The van der Waals surface area contributed by atoms with Crippen LogP contribution in [0.4, 0.5) is 0 Å². The lowest BCUT2D eigenvalue weighted by Crippen LogP contribution is -1.90. The normalized spacial score (nSPS) is 11.4. The number of aromatic amines is 1. The van der Waals surface area contributed by atoms with Crippen LogP contribution in [0.5, 0.6) is 0 Å². The molecule has 3 rings (SSSR count). The van der Waals surface area contributed by atoms with Crippen LogP contribution in [0.15, 0.2) is 42.5 Å². The lowest BCUT2D eigenvalue weighted by atomic mass is 9.96. The molecule has 0 aliphatic carbocycles. The lowest BCUT2D eigenvalue weighted by Gasteiger charge is -2.08. The summed E-state index contributed by atoms with van der Waals surface area (Å²) in [6, 6.07) is 14.8. The van der Waals surface area contributed by atoms with Crippen LogP contribution in [-0.2, 0) is 0 Å². The Hall–Kier alpha value is -2.09. The number of nitrogens with one attached hydrogen (secondary N) is 1. The number of hydrogen-bond acceptors (Lipinski definition) is 1. The molecule has 0 saturated carbocycles. The standard InChI is InChI=1S/C17H18N2/c1-11(2)14-10-9-12(3)15-16(18-19-17(14)15)13-7-5-4-6-8-13/h4-11H,1-3H3,(H,18,19). The molecule has 2 heteroatoms. The second-order valence-electron chi connectivity index (χ2n) is 5.31. The number of aryl methyl sites for hydroxylation is 1. The van der Waals surface area contributed by atoms with Gasteiger partial charge in [-0.1, -0.05) is 56.3 Å². The number of aromatic nitrogens is 2. The molecule has 1 aromatic heterocycles. The zero-order valence-corrected chi connectivity index (χ0v) is 11.6. The number of H-pyrrole nitrogens is 1.